The molecule has 0 spiro atoms. The van der Waals surface area contributed by atoms with E-state index in [1.54, 1.807) is 0 Å². The lowest BCUT2D eigenvalue weighted by atomic mass is 9.95. The van der Waals surface area contributed by atoms with Crippen LogP contribution < -0.4 is 5.32 Å². The van der Waals surface area contributed by atoms with Crippen LogP contribution in [0.25, 0.3) is 0 Å². The predicted molar refractivity (Wildman–Crippen MR) is 87.1 cm³/mol. The molecular formula is C19H25N. The Morgan fingerprint density at radius 1 is 0.900 bits per heavy atom. The van der Waals surface area contributed by atoms with E-state index in [0.717, 1.165) is 6.54 Å². The first-order valence-corrected chi connectivity index (χ1v) is 7.34. The summed E-state index contributed by atoms with van der Waals surface area (Å²) in [7, 11) is 0. The fraction of sp³-hybridized carbons (Fsp3) is 0.368. The van der Waals surface area contributed by atoms with Gasteiger partial charge in [-0.3, -0.25) is 0 Å². The highest BCUT2D eigenvalue weighted by molar-refractivity contribution is 5.39. The Bertz CT molecular complexity index is 575. The quantitative estimate of drug-likeness (QED) is 0.841. The van der Waals surface area contributed by atoms with Gasteiger partial charge in [-0.15, -0.1) is 0 Å². The third-order valence-electron chi connectivity index (χ3n) is 3.87. The molecule has 0 radical (unpaired) electrons. The molecule has 0 amide bonds. The zero-order chi connectivity index (χ0) is 14.7. The molecule has 0 aliphatic carbocycles. The summed E-state index contributed by atoms with van der Waals surface area (Å²) < 4.78 is 0. The van der Waals surface area contributed by atoms with Crippen LogP contribution in [0.2, 0.25) is 0 Å². The van der Waals surface area contributed by atoms with E-state index in [0.29, 0.717) is 6.04 Å². The van der Waals surface area contributed by atoms with E-state index >= 15 is 0 Å². The van der Waals surface area contributed by atoms with Gasteiger partial charge in [0.25, 0.3) is 0 Å². The van der Waals surface area contributed by atoms with Crippen LogP contribution in [0.4, 0.5) is 0 Å². The van der Waals surface area contributed by atoms with E-state index in [9.17, 15) is 0 Å². The van der Waals surface area contributed by atoms with E-state index in [1.165, 1.54) is 33.4 Å². The molecule has 1 N–H and O–H groups in total. The third-order valence-corrected chi connectivity index (χ3v) is 3.87. The van der Waals surface area contributed by atoms with Crippen LogP contribution in [-0.2, 0) is 6.54 Å². The summed E-state index contributed by atoms with van der Waals surface area (Å²) in [6, 6.07) is 13.6. The standard InChI is InChI=1S/C19H25N/c1-13-7-6-8-18(11-13)12-20-17(5)19-15(3)9-14(2)10-16(19)4/h6-11,17,20H,12H2,1-5H3. The van der Waals surface area contributed by atoms with Crippen LogP contribution in [0.15, 0.2) is 36.4 Å². The van der Waals surface area contributed by atoms with Crippen LogP contribution in [0.1, 0.15) is 46.3 Å². The van der Waals surface area contributed by atoms with Gasteiger partial charge in [0.1, 0.15) is 0 Å². The minimum atomic E-state index is 0.371. The number of hydrogen-bond acceptors (Lipinski definition) is 1. The van der Waals surface area contributed by atoms with Crippen molar-refractivity contribution in [2.75, 3.05) is 0 Å². The predicted octanol–water partition coefficient (Wildman–Crippen LogP) is 4.77. The molecule has 2 aromatic carbocycles. The summed E-state index contributed by atoms with van der Waals surface area (Å²) in [6.45, 7) is 11.9. The zero-order valence-electron chi connectivity index (χ0n) is 13.2. The molecule has 0 aliphatic heterocycles. The Hall–Kier alpha value is -1.60. The van der Waals surface area contributed by atoms with Crippen molar-refractivity contribution in [3.05, 3.63) is 69.8 Å². The van der Waals surface area contributed by atoms with Gasteiger partial charge in [0.2, 0.25) is 0 Å². The Labute approximate surface area is 123 Å². The smallest absolute Gasteiger partial charge is 0.0300 e. The van der Waals surface area contributed by atoms with Gasteiger partial charge < -0.3 is 5.32 Å². The number of hydrogen-bond donors (Lipinski definition) is 1. The third kappa shape index (κ3) is 3.49. The fourth-order valence-electron chi connectivity index (χ4n) is 3.07. The van der Waals surface area contributed by atoms with Gasteiger partial charge in [-0.2, -0.15) is 0 Å². The molecule has 0 saturated heterocycles. The Kier molecular flexibility index (Phi) is 4.61. The van der Waals surface area contributed by atoms with Gasteiger partial charge in [0.05, 0.1) is 0 Å². The van der Waals surface area contributed by atoms with Crippen molar-refractivity contribution in [2.45, 2.75) is 47.2 Å². The second-order valence-corrected chi connectivity index (χ2v) is 5.90. The number of nitrogens with one attached hydrogen (secondary N) is 1. The maximum Gasteiger partial charge on any atom is 0.0300 e. The van der Waals surface area contributed by atoms with Crippen molar-refractivity contribution >= 4 is 0 Å². The molecule has 1 atom stereocenters. The molecule has 0 saturated carbocycles. The molecule has 20 heavy (non-hydrogen) atoms. The van der Waals surface area contributed by atoms with Crippen LogP contribution in [0, 0.1) is 27.7 Å². The molecule has 2 rings (SSSR count). The van der Waals surface area contributed by atoms with Gasteiger partial charge in [-0.25, -0.2) is 0 Å². The Morgan fingerprint density at radius 2 is 1.55 bits per heavy atom. The summed E-state index contributed by atoms with van der Waals surface area (Å²) in [6.07, 6.45) is 0. The summed E-state index contributed by atoms with van der Waals surface area (Å²) in [4.78, 5) is 0. The van der Waals surface area contributed by atoms with E-state index in [4.69, 9.17) is 0 Å². The number of rotatable bonds is 4. The lowest BCUT2D eigenvalue weighted by Gasteiger charge is -2.20. The number of aryl methyl sites for hydroxylation is 4. The molecule has 106 valence electrons. The topological polar surface area (TPSA) is 12.0 Å². The van der Waals surface area contributed by atoms with Gasteiger partial charge in [0.15, 0.2) is 0 Å². The largest absolute Gasteiger partial charge is 0.306 e. The van der Waals surface area contributed by atoms with Crippen LogP contribution in [-0.4, -0.2) is 0 Å². The average Bonchev–Trinajstić information content (AvgIpc) is 2.35. The molecular weight excluding hydrogens is 242 g/mol. The summed E-state index contributed by atoms with van der Waals surface area (Å²) in [5.41, 5.74) is 8.20. The average molecular weight is 267 g/mol. The lowest BCUT2D eigenvalue weighted by Crippen LogP contribution is -2.20. The van der Waals surface area contributed by atoms with E-state index in [-0.39, 0.29) is 0 Å². The lowest BCUT2D eigenvalue weighted by molar-refractivity contribution is 0.569. The zero-order valence-corrected chi connectivity index (χ0v) is 13.2. The molecule has 1 heteroatoms. The summed E-state index contributed by atoms with van der Waals surface area (Å²) >= 11 is 0. The van der Waals surface area contributed by atoms with Crippen LogP contribution in [0.3, 0.4) is 0 Å². The Morgan fingerprint density at radius 3 is 2.15 bits per heavy atom. The maximum atomic E-state index is 3.64. The fourth-order valence-corrected chi connectivity index (χ4v) is 3.07. The second kappa shape index (κ2) is 6.23. The molecule has 0 fully saturated rings. The summed E-state index contributed by atoms with van der Waals surface area (Å²) in [5, 5.41) is 3.64. The molecule has 0 bridgehead atoms. The van der Waals surface area contributed by atoms with Crippen molar-refractivity contribution in [1.29, 1.82) is 0 Å². The SMILES string of the molecule is Cc1cccc(CNC(C)c2c(C)cc(C)cc2C)c1. The van der Waals surface area contributed by atoms with Crippen molar-refractivity contribution < 1.29 is 0 Å². The first-order valence-electron chi connectivity index (χ1n) is 7.34. The van der Waals surface area contributed by atoms with Gasteiger partial charge >= 0.3 is 0 Å². The molecule has 1 nitrogen and oxygen atoms in total. The monoisotopic (exact) mass is 267 g/mol. The van der Waals surface area contributed by atoms with Crippen molar-refractivity contribution in [3.8, 4) is 0 Å². The second-order valence-electron chi connectivity index (χ2n) is 5.90. The summed E-state index contributed by atoms with van der Waals surface area (Å²) in [5.74, 6) is 0. The molecule has 1 unspecified atom stereocenters. The van der Waals surface area contributed by atoms with E-state index in [2.05, 4.69) is 76.3 Å². The van der Waals surface area contributed by atoms with Crippen molar-refractivity contribution in [1.82, 2.24) is 5.32 Å². The van der Waals surface area contributed by atoms with Gasteiger partial charge in [-0.05, 0) is 56.9 Å². The van der Waals surface area contributed by atoms with Gasteiger partial charge in [-0.1, -0.05) is 47.5 Å². The first-order chi connectivity index (χ1) is 9.47. The molecule has 0 aliphatic rings. The van der Waals surface area contributed by atoms with Crippen LogP contribution >= 0.6 is 0 Å². The highest BCUT2D eigenvalue weighted by Crippen LogP contribution is 2.23. The van der Waals surface area contributed by atoms with Crippen molar-refractivity contribution in [3.63, 3.8) is 0 Å². The minimum absolute atomic E-state index is 0.371. The van der Waals surface area contributed by atoms with Gasteiger partial charge in [0, 0.05) is 12.6 Å². The first kappa shape index (κ1) is 14.8. The number of benzene rings is 2. The maximum absolute atomic E-state index is 3.64. The molecule has 0 heterocycles. The normalized spacial score (nSPS) is 12.4. The van der Waals surface area contributed by atoms with Crippen molar-refractivity contribution in [2.24, 2.45) is 0 Å². The van der Waals surface area contributed by atoms with E-state index in [1.807, 2.05) is 0 Å². The molecule has 2 aromatic rings. The van der Waals surface area contributed by atoms with Crippen LogP contribution in [0.5, 0.6) is 0 Å². The minimum Gasteiger partial charge on any atom is -0.306 e. The highest BCUT2D eigenvalue weighted by atomic mass is 14.9. The molecule has 0 aromatic heterocycles. The highest BCUT2D eigenvalue weighted by Gasteiger charge is 2.11. The Balaban J connectivity index is 2.11. The van der Waals surface area contributed by atoms with E-state index < -0.39 is 0 Å².